The molecule has 0 radical (unpaired) electrons. The molecule has 3 nitrogen and oxygen atoms in total. The van der Waals surface area contributed by atoms with Gasteiger partial charge in [0, 0.05) is 5.92 Å². The largest absolute Gasteiger partial charge is 0.324 e. The van der Waals surface area contributed by atoms with Crippen molar-refractivity contribution in [1.82, 2.24) is 0 Å². The third kappa shape index (κ3) is 12.6. The van der Waals surface area contributed by atoms with Crippen LogP contribution in [-0.2, 0) is 14.2 Å². The minimum absolute atomic E-state index is 0.103. The maximum absolute atomic E-state index is 6.62. The molecule has 0 aliphatic heterocycles. The lowest BCUT2D eigenvalue weighted by molar-refractivity contribution is -0.437. The first-order valence-corrected chi connectivity index (χ1v) is 13.2. The van der Waals surface area contributed by atoms with Gasteiger partial charge in [-0.1, -0.05) is 66.2 Å². The van der Waals surface area contributed by atoms with Crippen LogP contribution in [0.1, 0.15) is 126 Å². The van der Waals surface area contributed by atoms with Crippen molar-refractivity contribution in [3.05, 3.63) is 0 Å². The highest BCUT2D eigenvalue weighted by Gasteiger charge is 2.45. The molecule has 0 fully saturated rings. The smallest absolute Gasteiger partial charge is 0.286 e. The molecule has 0 aliphatic rings. The van der Waals surface area contributed by atoms with Gasteiger partial charge in [-0.3, -0.25) is 0 Å². The lowest BCUT2D eigenvalue weighted by atomic mass is 9.92. The van der Waals surface area contributed by atoms with E-state index in [0.717, 1.165) is 44.3 Å². The van der Waals surface area contributed by atoms with Crippen molar-refractivity contribution in [2.75, 3.05) is 5.75 Å². The van der Waals surface area contributed by atoms with Crippen molar-refractivity contribution in [3.63, 3.8) is 0 Å². The van der Waals surface area contributed by atoms with E-state index in [2.05, 4.69) is 61.1 Å². The van der Waals surface area contributed by atoms with Gasteiger partial charge in [-0.05, 0) is 65.0 Å². The average molecular weight is 433 g/mol. The standard InChI is InChI=1S/C25H52O3S/c1-8-12-13-14-15-16-18-24(19-17-20-29)25(26-21(5)9-2,27-22(6)10-3)28-23(7)11-4/h21-24,29H,8-20H2,1-7H3. The first-order chi connectivity index (χ1) is 13.9. The van der Waals surface area contributed by atoms with E-state index in [-0.39, 0.29) is 24.2 Å². The number of unbranched alkanes of at least 4 members (excludes halogenated alkanes) is 5. The van der Waals surface area contributed by atoms with E-state index in [0.29, 0.717) is 0 Å². The summed E-state index contributed by atoms with van der Waals surface area (Å²) in [5, 5.41) is 0. The third-order valence-corrected chi connectivity index (χ3v) is 6.25. The molecule has 4 heteroatoms. The molecule has 0 saturated heterocycles. The van der Waals surface area contributed by atoms with Crippen LogP contribution in [0.25, 0.3) is 0 Å². The SMILES string of the molecule is CCCCCCCCC(CCCS)C(OC(C)CC)(OC(C)CC)OC(C)CC. The fourth-order valence-electron chi connectivity index (χ4n) is 3.47. The van der Waals surface area contributed by atoms with Gasteiger partial charge in [-0.25, -0.2) is 0 Å². The minimum Gasteiger partial charge on any atom is -0.324 e. The predicted molar refractivity (Wildman–Crippen MR) is 130 cm³/mol. The Kier molecular flexibility index (Phi) is 18.0. The number of hydrogen-bond acceptors (Lipinski definition) is 4. The number of thiol groups is 1. The van der Waals surface area contributed by atoms with Crippen molar-refractivity contribution in [1.29, 1.82) is 0 Å². The van der Waals surface area contributed by atoms with E-state index in [4.69, 9.17) is 14.2 Å². The van der Waals surface area contributed by atoms with Gasteiger partial charge in [0.05, 0.1) is 18.3 Å². The number of rotatable bonds is 20. The Morgan fingerprint density at radius 3 is 1.45 bits per heavy atom. The Morgan fingerprint density at radius 2 is 1.03 bits per heavy atom. The molecule has 0 aromatic rings. The molecular formula is C25H52O3S. The van der Waals surface area contributed by atoms with E-state index >= 15 is 0 Å². The monoisotopic (exact) mass is 432 g/mol. The van der Waals surface area contributed by atoms with E-state index < -0.39 is 5.97 Å². The summed E-state index contributed by atoms with van der Waals surface area (Å²) in [6, 6.07) is 0. The zero-order valence-corrected chi connectivity index (χ0v) is 21.6. The molecular weight excluding hydrogens is 380 g/mol. The Labute approximate surface area is 188 Å². The Bertz CT molecular complexity index is 333. The minimum atomic E-state index is -0.952. The number of ether oxygens (including phenoxy) is 3. The molecule has 0 bridgehead atoms. The van der Waals surface area contributed by atoms with Crippen LogP contribution >= 0.6 is 12.6 Å². The third-order valence-electron chi connectivity index (χ3n) is 5.94. The molecule has 176 valence electrons. The molecule has 0 saturated carbocycles. The Hall–Kier alpha value is 0.230. The second-order valence-electron chi connectivity index (χ2n) is 8.73. The fraction of sp³-hybridized carbons (Fsp3) is 1.00. The molecule has 4 atom stereocenters. The van der Waals surface area contributed by atoms with Crippen molar-refractivity contribution in [2.24, 2.45) is 5.92 Å². The van der Waals surface area contributed by atoms with Gasteiger partial charge < -0.3 is 14.2 Å². The summed E-state index contributed by atoms with van der Waals surface area (Å²) in [5.41, 5.74) is 0. The first-order valence-electron chi connectivity index (χ1n) is 12.5. The van der Waals surface area contributed by atoms with Crippen LogP contribution in [0.4, 0.5) is 0 Å². The number of hydrogen-bond donors (Lipinski definition) is 1. The molecule has 0 aromatic carbocycles. The van der Waals surface area contributed by atoms with Crippen LogP contribution in [0.3, 0.4) is 0 Å². The molecule has 0 aromatic heterocycles. The van der Waals surface area contributed by atoms with Crippen LogP contribution in [0.5, 0.6) is 0 Å². The van der Waals surface area contributed by atoms with Crippen LogP contribution in [0.15, 0.2) is 0 Å². The van der Waals surface area contributed by atoms with E-state index in [9.17, 15) is 0 Å². The lowest BCUT2D eigenvalue weighted by Gasteiger charge is -2.44. The molecule has 0 spiro atoms. The van der Waals surface area contributed by atoms with Gasteiger partial charge in [0.2, 0.25) is 0 Å². The molecule has 0 N–H and O–H groups in total. The van der Waals surface area contributed by atoms with Gasteiger partial charge in [0.15, 0.2) is 0 Å². The van der Waals surface area contributed by atoms with Gasteiger partial charge in [0.25, 0.3) is 5.97 Å². The predicted octanol–water partition coefficient (Wildman–Crippen LogP) is 8.16. The topological polar surface area (TPSA) is 27.7 Å². The van der Waals surface area contributed by atoms with Gasteiger partial charge in [-0.15, -0.1) is 0 Å². The molecule has 0 rings (SSSR count). The highest BCUT2D eigenvalue weighted by Crippen LogP contribution is 2.38. The summed E-state index contributed by atoms with van der Waals surface area (Å²) in [5.74, 6) is 0.170. The molecule has 0 amide bonds. The van der Waals surface area contributed by atoms with Crippen molar-refractivity contribution in [2.45, 2.75) is 150 Å². The molecule has 0 aliphatic carbocycles. The maximum atomic E-state index is 6.62. The fourth-order valence-corrected chi connectivity index (χ4v) is 3.65. The second-order valence-corrected chi connectivity index (χ2v) is 9.18. The summed E-state index contributed by atoms with van der Waals surface area (Å²) in [4.78, 5) is 0. The van der Waals surface area contributed by atoms with Crippen LogP contribution < -0.4 is 0 Å². The van der Waals surface area contributed by atoms with Crippen LogP contribution in [0.2, 0.25) is 0 Å². The summed E-state index contributed by atoms with van der Waals surface area (Å²) in [6.45, 7) is 15.2. The van der Waals surface area contributed by atoms with Crippen molar-refractivity contribution >= 4 is 12.6 Å². The maximum Gasteiger partial charge on any atom is 0.286 e. The van der Waals surface area contributed by atoms with E-state index in [1.54, 1.807) is 0 Å². The summed E-state index contributed by atoms with van der Waals surface area (Å²) in [6.07, 6.45) is 14.1. The normalized spacial score (nSPS) is 18.2. The molecule has 29 heavy (non-hydrogen) atoms. The zero-order chi connectivity index (χ0) is 22.1. The van der Waals surface area contributed by atoms with Gasteiger partial charge >= 0.3 is 0 Å². The first kappa shape index (κ1) is 29.2. The summed E-state index contributed by atoms with van der Waals surface area (Å²) in [7, 11) is 0. The van der Waals surface area contributed by atoms with Crippen molar-refractivity contribution < 1.29 is 14.2 Å². The summed E-state index contributed by atoms with van der Waals surface area (Å²) < 4.78 is 19.9. The van der Waals surface area contributed by atoms with Crippen LogP contribution in [-0.4, -0.2) is 30.0 Å². The molecule has 0 heterocycles. The van der Waals surface area contributed by atoms with Crippen molar-refractivity contribution in [3.8, 4) is 0 Å². The average Bonchev–Trinajstić information content (AvgIpc) is 2.71. The van der Waals surface area contributed by atoms with Gasteiger partial charge in [0.1, 0.15) is 0 Å². The van der Waals surface area contributed by atoms with Gasteiger partial charge in [-0.2, -0.15) is 12.6 Å². The zero-order valence-electron chi connectivity index (χ0n) is 20.7. The second kappa shape index (κ2) is 17.9. The highest BCUT2D eigenvalue weighted by molar-refractivity contribution is 7.80. The van der Waals surface area contributed by atoms with E-state index in [1.165, 1.54) is 38.5 Å². The molecule has 4 unspecified atom stereocenters. The summed E-state index contributed by atoms with van der Waals surface area (Å²) >= 11 is 4.48. The Morgan fingerprint density at radius 1 is 0.621 bits per heavy atom. The quantitative estimate of drug-likeness (QED) is 0.119. The highest BCUT2D eigenvalue weighted by atomic mass is 32.1. The van der Waals surface area contributed by atoms with Crippen LogP contribution in [0, 0.1) is 5.92 Å². The lowest BCUT2D eigenvalue weighted by Crippen LogP contribution is -2.51. The Balaban J connectivity index is 5.53. The van der Waals surface area contributed by atoms with E-state index in [1.807, 2.05) is 0 Å².